The maximum atomic E-state index is 11.3. The number of cyclic esters (lactones) is 1. The van der Waals surface area contributed by atoms with Crippen LogP contribution in [0.1, 0.15) is 74.8 Å². The fourth-order valence-corrected chi connectivity index (χ4v) is 4.33. The number of benzene rings is 2. The van der Waals surface area contributed by atoms with Crippen molar-refractivity contribution < 1.29 is 19.4 Å². The lowest BCUT2D eigenvalue weighted by atomic mass is 9.70. The van der Waals surface area contributed by atoms with Crippen LogP contribution in [0.2, 0.25) is 0 Å². The lowest BCUT2D eigenvalue weighted by Gasteiger charge is -2.34. The summed E-state index contributed by atoms with van der Waals surface area (Å²) >= 11 is 0. The van der Waals surface area contributed by atoms with Crippen molar-refractivity contribution >= 4 is 5.97 Å². The van der Waals surface area contributed by atoms with E-state index in [1.54, 1.807) is 19.9 Å². The Morgan fingerprint density at radius 3 is 2.18 bits per heavy atom. The van der Waals surface area contributed by atoms with Crippen LogP contribution in [0, 0.1) is 25.7 Å². The van der Waals surface area contributed by atoms with E-state index in [1.165, 1.54) is 11.1 Å². The Bertz CT molecular complexity index is 1120. The number of aryl methyl sites for hydroxylation is 2. The predicted octanol–water partition coefficient (Wildman–Crippen LogP) is 5.74. The van der Waals surface area contributed by atoms with E-state index in [1.807, 2.05) is 13.0 Å². The third-order valence-electron chi connectivity index (χ3n) is 6.33. The Morgan fingerprint density at radius 1 is 1.03 bits per heavy atom. The largest absolute Gasteiger partial charge is 0.485 e. The molecule has 1 N–H and O–H groups in total. The van der Waals surface area contributed by atoms with Crippen molar-refractivity contribution in [2.45, 2.75) is 71.8 Å². The number of carbonyl (C=O) groups is 1. The number of hydrogen-bond acceptors (Lipinski definition) is 4. The molecule has 3 rings (SSSR count). The molecule has 1 aliphatic heterocycles. The molecule has 2 aromatic rings. The van der Waals surface area contributed by atoms with Gasteiger partial charge in [-0.05, 0) is 81.0 Å². The van der Waals surface area contributed by atoms with Crippen LogP contribution < -0.4 is 4.74 Å². The van der Waals surface area contributed by atoms with E-state index in [4.69, 9.17) is 9.47 Å². The fraction of sp³-hybridized carbons (Fsp3) is 0.414. The van der Waals surface area contributed by atoms with Gasteiger partial charge in [0.05, 0.1) is 6.42 Å². The van der Waals surface area contributed by atoms with Gasteiger partial charge in [0.2, 0.25) is 0 Å². The first-order chi connectivity index (χ1) is 15.6. The van der Waals surface area contributed by atoms with Gasteiger partial charge in [-0.15, -0.1) is 0 Å². The fourth-order valence-electron chi connectivity index (χ4n) is 4.33. The Labute approximate surface area is 197 Å². The first-order valence-corrected chi connectivity index (χ1v) is 11.6. The average molecular weight is 447 g/mol. The number of hydrogen-bond donors (Lipinski definition) is 1. The molecule has 0 saturated carbocycles. The normalized spacial score (nSPS) is 13.8. The second-order valence-electron chi connectivity index (χ2n) is 9.25. The van der Waals surface area contributed by atoms with E-state index < -0.39 is 5.60 Å². The molecular formula is C29H34O4. The standard InChI is InChI=1S/C29H34O4/c1-7-29(8-2,23-10-9-22(20(3)17-23)15-16-28(5,6)31)24-11-13-26(21(4)18-24)32-19-25-12-14-27(30)33-25/h9-13,17-18,31H,7-8,14,19H2,1-6H3. The summed E-state index contributed by atoms with van der Waals surface area (Å²) in [4.78, 5) is 11.3. The minimum atomic E-state index is -1.01. The summed E-state index contributed by atoms with van der Waals surface area (Å²) in [7, 11) is 0. The van der Waals surface area contributed by atoms with E-state index in [2.05, 4.69) is 62.9 Å². The topological polar surface area (TPSA) is 55.8 Å². The van der Waals surface area contributed by atoms with Gasteiger partial charge in [0.25, 0.3) is 0 Å². The molecule has 0 atom stereocenters. The Hall–Kier alpha value is -3.03. The summed E-state index contributed by atoms with van der Waals surface area (Å²) in [5.74, 6) is 7.15. The van der Waals surface area contributed by atoms with Crippen LogP contribution in [0.5, 0.6) is 5.75 Å². The van der Waals surface area contributed by atoms with Crippen LogP contribution in [0.15, 0.2) is 48.2 Å². The first kappa shape index (κ1) is 24.6. The third kappa shape index (κ3) is 5.67. The predicted molar refractivity (Wildman–Crippen MR) is 131 cm³/mol. The monoisotopic (exact) mass is 446 g/mol. The van der Waals surface area contributed by atoms with E-state index >= 15 is 0 Å². The van der Waals surface area contributed by atoms with Crippen LogP contribution in [0.4, 0.5) is 0 Å². The Kier molecular flexibility index (Phi) is 7.34. The first-order valence-electron chi connectivity index (χ1n) is 11.6. The lowest BCUT2D eigenvalue weighted by Crippen LogP contribution is -2.26. The summed E-state index contributed by atoms with van der Waals surface area (Å²) < 4.78 is 11.0. The highest BCUT2D eigenvalue weighted by Gasteiger charge is 2.31. The van der Waals surface area contributed by atoms with Gasteiger partial charge in [0.15, 0.2) is 0 Å². The van der Waals surface area contributed by atoms with Crippen LogP contribution >= 0.6 is 0 Å². The quantitative estimate of drug-likeness (QED) is 0.435. The summed E-state index contributed by atoms with van der Waals surface area (Å²) in [5, 5.41) is 9.93. The van der Waals surface area contributed by atoms with Gasteiger partial charge in [-0.1, -0.05) is 50.0 Å². The zero-order valence-corrected chi connectivity index (χ0v) is 20.5. The zero-order valence-electron chi connectivity index (χ0n) is 20.5. The van der Waals surface area contributed by atoms with E-state index in [0.29, 0.717) is 12.2 Å². The van der Waals surface area contributed by atoms with Gasteiger partial charge in [-0.2, -0.15) is 0 Å². The van der Waals surface area contributed by atoms with E-state index in [-0.39, 0.29) is 18.0 Å². The highest BCUT2D eigenvalue weighted by atomic mass is 16.6. The molecule has 0 fully saturated rings. The van der Waals surface area contributed by atoms with Gasteiger partial charge < -0.3 is 14.6 Å². The van der Waals surface area contributed by atoms with Crippen molar-refractivity contribution in [2.24, 2.45) is 0 Å². The van der Waals surface area contributed by atoms with Crippen molar-refractivity contribution in [1.82, 2.24) is 0 Å². The summed E-state index contributed by atoms with van der Waals surface area (Å²) in [5.41, 5.74) is 4.45. The maximum absolute atomic E-state index is 11.3. The van der Waals surface area contributed by atoms with Gasteiger partial charge in [0.1, 0.15) is 23.7 Å². The molecule has 0 spiro atoms. The minimum Gasteiger partial charge on any atom is -0.485 e. The van der Waals surface area contributed by atoms with Gasteiger partial charge in [-0.3, -0.25) is 4.79 Å². The molecule has 0 bridgehead atoms. The molecular weight excluding hydrogens is 412 g/mol. The van der Waals surface area contributed by atoms with Crippen LogP contribution in [-0.2, 0) is 14.9 Å². The number of rotatable bonds is 7. The maximum Gasteiger partial charge on any atom is 0.314 e. The Balaban J connectivity index is 1.89. The highest BCUT2D eigenvalue weighted by Crippen LogP contribution is 2.41. The molecule has 174 valence electrons. The second-order valence-corrected chi connectivity index (χ2v) is 9.25. The SMILES string of the molecule is CCC(CC)(c1ccc(C#CC(C)(C)O)c(C)c1)c1ccc(OCC2=CCC(=O)O2)c(C)c1. The van der Waals surface area contributed by atoms with Crippen molar-refractivity contribution in [3.63, 3.8) is 0 Å². The van der Waals surface area contributed by atoms with Crippen molar-refractivity contribution in [3.8, 4) is 17.6 Å². The molecule has 0 unspecified atom stereocenters. The zero-order chi connectivity index (χ0) is 24.2. The van der Waals surface area contributed by atoms with Crippen LogP contribution in [-0.4, -0.2) is 23.3 Å². The van der Waals surface area contributed by atoms with Crippen LogP contribution in [0.3, 0.4) is 0 Å². The molecule has 1 aliphatic rings. The van der Waals surface area contributed by atoms with Gasteiger partial charge >= 0.3 is 5.97 Å². The Morgan fingerprint density at radius 2 is 1.67 bits per heavy atom. The summed E-state index contributed by atoms with van der Waals surface area (Å²) in [6.07, 6.45) is 4.00. The van der Waals surface area contributed by atoms with Gasteiger partial charge in [-0.25, -0.2) is 0 Å². The van der Waals surface area contributed by atoms with E-state index in [9.17, 15) is 9.90 Å². The lowest BCUT2D eigenvalue weighted by molar-refractivity contribution is -0.136. The molecule has 4 heteroatoms. The van der Waals surface area contributed by atoms with E-state index in [0.717, 1.165) is 35.3 Å². The summed E-state index contributed by atoms with van der Waals surface area (Å²) in [6, 6.07) is 12.8. The van der Waals surface area contributed by atoms with Crippen molar-refractivity contribution in [1.29, 1.82) is 0 Å². The number of ether oxygens (including phenoxy) is 2. The molecule has 0 aliphatic carbocycles. The minimum absolute atomic E-state index is 0.125. The summed E-state index contributed by atoms with van der Waals surface area (Å²) in [6.45, 7) is 12.2. The average Bonchev–Trinajstić information content (AvgIpc) is 3.18. The number of esters is 1. The molecule has 1 heterocycles. The molecule has 0 saturated heterocycles. The molecule has 0 amide bonds. The smallest absolute Gasteiger partial charge is 0.314 e. The van der Waals surface area contributed by atoms with Crippen molar-refractivity contribution in [3.05, 3.63) is 76.1 Å². The molecule has 0 radical (unpaired) electrons. The van der Waals surface area contributed by atoms with Crippen LogP contribution in [0.25, 0.3) is 0 Å². The third-order valence-corrected chi connectivity index (χ3v) is 6.33. The molecule has 4 nitrogen and oxygen atoms in total. The highest BCUT2D eigenvalue weighted by molar-refractivity contribution is 5.75. The molecule has 33 heavy (non-hydrogen) atoms. The number of aliphatic hydroxyl groups is 1. The molecule has 0 aromatic heterocycles. The second kappa shape index (κ2) is 9.85. The van der Waals surface area contributed by atoms with Crippen molar-refractivity contribution in [2.75, 3.05) is 6.61 Å². The van der Waals surface area contributed by atoms with Gasteiger partial charge in [0, 0.05) is 11.0 Å². The molecule has 2 aromatic carbocycles. The number of carbonyl (C=O) groups excluding carboxylic acids is 1.